The van der Waals surface area contributed by atoms with Gasteiger partial charge in [0.15, 0.2) is 0 Å². The molecule has 3 N–H and O–H groups in total. The Balaban J connectivity index is 0.00000169. The summed E-state index contributed by atoms with van der Waals surface area (Å²) in [5.74, 6) is -0.0307. The van der Waals surface area contributed by atoms with Crippen LogP contribution in [-0.2, 0) is 11.3 Å². The van der Waals surface area contributed by atoms with Gasteiger partial charge in [-0.05, 0) is 18.2 Å². The fraction of sp³-hybridized carbons (Fsp3) is 0.176. The Morgan fingerprint density at radius 1 is 1.29 bits per heavy atom. The van der Waals surface area contributed by atoms with E-state index in [1.807, 2.05) is 28.9 Å². The molecule has 0 spiro atoms. The molecule has 3 aromatic rings. The van der Waals surface area contributed by atoms with E-state index >= 15 is 0 Å². The third-order valence-corrected chi connectivity index (χ3v) is 5.17. The lowest BCUT2D eigenvalue weighted by Gasteiger charge is -2.16. The highest BCUT2D eigenvalue weighted by Gasteiger charge is 2.24. The number of hydrogen-bond donors (Lipinski definition) is 2. The first-order valence-electron chi connectivity index (χ1n) is 7.46. The molecule has 7 heteroatoms. The van der Waals surface area contributed by atoms with E-state index in [1.165, 1.54) is 11.8 Å². The van der Waals surface area contributed by atoms with Crippen molar-refractivity contribution in [1.29, 1.82) is 0 Å². The molecular weight excluding hydrogens is 344 g/mol. The molecule has 1 amide bonds. The Morgan fingerprint density at radius 3 is 2.88 bits per heavy atom. The molecule has 0 unspecified atom stereocenters. The van der Waals surface area contributed by atoms with E-state index in [0.717, 1.165) is 32.7 Å². The van der Waals surface area contributed by atoms with Crippen LogP contribution in [0.1, 0.15) is 6.92 Å². The maximum absolute atomic E-state index is 11.1. The number of halogens is 1. The van der Waals surface area contributed by atoms with Crippen molar-refractivity contribution in [3.8, 4) is 11.3 Å². The third-order valence-electron chi connectivity index (χ3n) is 3.95. The van der Waals surface area contributed by atoms with Crippen LogP contribution in [0.4, 0.5) is 5.69 Å². The largest absolute Gasteiger partial charge is 0.398 e. The summed E-state index contributed by atoms with van der Waals surface area (Å²) < 4.78 is 1.95. The van der Waals surface area contributed by atoms with Crippen LogP contribution in [0.5, 0.6) is 0 Å². The van der Waals surface area contributed by atoms with Crippen molar-refractivity contribution in [1.82, 2.24) is 15.1 Å². The number of nitrogen functional groups attached to an aromatic ring is 1. The van der Waals surface area contributed by atoms with Crippen molar-refractivity contribution >= 4 is 46.7 Å². The molecule has 1 aromatic heterocycles. The maximum atomic E-state index is 11.1. The summed E-state index contributed by atoms with van der Waals surface area (Å²) in [7, 11) is 0. The van der Waals surface area contributed by atoms with E-state index in [0.29, 0.717) is 13.1 Å². The SMILES string of the molecule is CC(=O)NCCn1nc2c3c(c(N)ccc31)Sc1ccccc1-2.Cl. The number of anilines is 1. The Kier molecular flexibility index (Phi) is 4.43. The lowest BCUT2D eigenvalue weighted by Crippen LogP contribution is -2.24. The number of hydrogen-bond acceptors (Lipinski definition) is 4. The van der Waals surface area contributed by atoms with E-state index in [-0.39, 0.29) is 18.3 Å². The van der Waals surface area contributed by atoms with Gasteiger partial charge in [-0.25, -0.2) is 0 Å². The summed E-state index contributed by atoms with van der Waals surface area (Å²) in [6.45, 7) is 2.71. The van der Waals surface area contributed by atoms with Crippen molar-refractivity contribution in [2.45, 2.75) is 23.3 Å². The molecule has 2 aromatic carbocycles. The predicted octanol–water partition coefficient (Wildman–Crippen LogP) is 3.31. The zero-order valence-electron chi connectivity index (χ0n) is 13.1. The van der Waals surface area contributed by atoms with Crippen molar-refractivity contribution in [3.05, 3.63) is 36.4 Å². The van der Waals surface area contributed by atoms with Crippen LogP contribution < -0.4 is 11.1 Å². The van der Waals surface area contributed by atoms with Crippen molar-refractivity contribution in [2.75, 3.05) is 12.3 Å². The van der Waals surface area contributed by atoms with E-state index in [2.05, 4.69) is 17.4 Å². The molecule has 4 rings (SSSR count). The van der Waals surface area contributed by atoms with Crippen LogP contribution in [0, 0.1) is 0 Å². The summed E-state index contributed by atoms with van der Waals surface area (Å²) in [6.07, 6.45) is 0. The standard InChI is InChI=1S/C17H16N4OS.ClH/c1-10(22)19-8-9-21-13-7-6-12(18)17-15(13)16(20-21)11-4-2-3-5-14(11)23-17;/h2-7H,8-9,18H2,1H3,(H,19,22);1H. The van der Waals surface area contributed by atoms with Gasteiger partial charge in [0.1, 0.15) is 5.69 Å². The van der Waals surface area contributed by atoms with Crippen LogP contribution in [0.25, 0.3) is 22.2 Å². The molecule has 1 aliphatic heterocycles. The number of rotatable bonds is 3. The number of nitrogens with zero attached hydrogens (tertiary/aromatic N) is 2. The van der Waals surface area contributed by atoms with Gasteiger partial charge in [-0.3, -0.25) is 9.48 Å². The van der Waals surface area contributed by atoms with Crippen LogP contribution in [-0.4, -0.2) is 22.2 Å². The van der Waals surface area contributed by atoms with Crippen LogP contribution in [0.2, 0.25) is 0 Å². The predicted molar refractivity (Wildman–Crippen MR) is 99.6 cm³/mol. The summed E-state index contributed by atoms with van der Waals surface area (Å²) in [6, 6.07) is 12.2. The summed E-state index contributed by atoms with van der Waals surface area (Å²) >= 11 is 1.70. The van der Waals surface area contributed by atoms with Crippen molar-refractivity contribution < 1.29 is 4.79 Å². The van der Waals surface area contributed by atoms with Gasteiger partial charge in [0, 0.05) is 39.9 Å². The fourth-order valence-corrected chi connectivity index (χ4v) is 4.06. The van der Waals surface area contributed by atoms with Gasteiger partial charge < -0.3 is 11.1 Å². The van der Waals surface area contributed by atoms with E-state index < -0.39 is 0 Å². The average Bonchev–Trinajstić information content (AvgIpc) is 2.90. The van der Waals surface area contributed by atoms with Gasteiger partial charge in [0.25, 0.3) is 0 Å². The molecule has 0 saturated heterocycles. The second-order valence-electron chi connectivity index (χ2n) is 5.53. The highest BCUT2D eigenvalue weighted by molar-refractivity contribution is 8.00. The van der Waals surface area contributed by atoms with Crippen LogP contribution in [0.15, 0.2) is 46.2 Å². The Labute approximate surface area is 150 Å². The quantitative estimate of drug-likeness (QED) is 0.550. The number of benzene rings is 2. The molecule has 0 aliphatic carbocycles. The summed E-state index contributed by atoms with van der Waals surface area (Å²) in [5, 5.41) is 8.72. The minimum atomic E-state index is -0.0307. The van der Waals surface area contributed by atoms with Gasteiger partial charge >= 0.3 is 0 Å². The minimum absolute atomic E-state index is 0. The molecule has 0 fully saturated rings. The summed E-state index contributed by atoms with van der Waals surface area (Å²) in [5.41, 5.74) is 10.1. The van der Waals surface area contributed by atoms with Gasteiger partial charge in [-0.2, -0.15) is 5.10 Å². The molecule has 0 saturated carbocycles. The van der Waals surface area contributed by atoms with Gasteiger partial charge in [-0.1, -0.05) is 30.0 Å². The molecular formula is C17H17ClN4OS. The third kappa shape index (κ3) is 2.61. The molecule has 0 atom stereocenters. The first-order valence-corrected chi connectivity index (χ1v) is 8.27. The maximum Gasteiger partial charge on any atom is 0.216 e. The Morgan fingerprint density at radius 2 is 2.08 bits per heavy atom. The number of fused-ring (bicyclic) bond motifs is 2. The van der Waals surface area contributed by atoms with Gasteiger partial charge in [0.05, 0.1) is 12.1 Å². The number of carbonyl (C=O) groups excluding carboxylic acids is 1. The Hall–Kier alpha value is -2.18. The first-order chi connectivity index (χ1) is 11.1. The second-order valence-corrected chi connectivity index (χ2v) is 6.58. The van der Waals surface area contributed by atoms with Gasteiger partial charge in [-0.15, -0.1) is 12.4 Å². The molecule has 1 aliphatic rings. The van der Waals surface area contributed by atoms with Crippen LogP contribution >= 0.6 is 24.2 Å². The summed E-state index contributed by atoms with van der Waals surface area (Å²) in [4.78, 5) is 13.3. The zero-order chi connectivity index (χ0) is 16.0. The number of aromatic nitrogens is 2. The smallest absolute Gasteiger partial charge is 0.216 e. The monoisotopic (exact) mass is 360 g/mol. The lowest BCUT2D eigenvalue weighted by molar-refractivity contribution is -0.118. The first kappa shape index (κ1) is 16.7. The second kappa shape index (κ2) is 6.37. The average molecular weight is 361 g/mol. The highest BCUT2D eigenvalue weighted by atomic mass is 35.5. The molecule has 2 heterocycles. The van der Waals surface area contributed by atoms with Gasteiger partial charge in [0.2, 0.25) is 5.91 Å². The molecule has 124 valence electrons. The number of nitrogens with two attached hydrogens (primary N) is 1. The zero-order valence-corrected chi connectivity index (χ0v) is 14.7. The molecule has 0 bridgehead atoms. The van der Waals surface area contributed by atoms with Crippen LogP contribution in [0.3, 0.4) is 0 Å². The topological polar surface area (TPSA) is 72.9 Å². The molecule has 0 radical (unpaired) electrons. The normalized spacial score (nSPS) is 11.7. The fourth-order valence-electron chi connectivity index (χ4n) is 2.92. The highest BCUT2D eigenvalue weighted by Crippen LogP contribution is 2.49. The van der Waals surface area contributed by atoms with Crippen molar-refractivity contribution in [2.24, 2.45) is 0 Å². The number of amides is 1. The minimum Gasteiger partial charge on any atom is -0.398 e. The van der Waals surface area contributed by atoms with E-state index in [1.54, 1.807) is 11.8 Å². The molecule has 5 nitrogen and oxygen atoms in total. The van der Waals surface area contributed by atoms with Crippen molar-refractivity contribution in [3.63, 3.8) is 0 Å². The van der Waals surface area contributed by atoms with E-state index in [9.17, 15) is 4.79 Å². The molecule has 24 heavy (non-hydrogen) atoms. The number of nitrogens with one attached hydrogen (secondary N) is 1. The lowest BCUT2D eigenvalue weighted by atomic mass is 10.1. The van der Waals surface area contributed by atoms with E-state index in [4.69, 9.17) is 10.8 Å². The number of carbonyl (C=O) groups is 1. The Bertz CT molecular complexity index is 938.